The number of hydrogen-bond donors (Lipinski definition) is 1. The largest absolute Gasteiger partial charge is 0.344 e. The molecule has 1 aliphatic rings. The molecule has 0 aliphatic carbocycles. The van der Waals surface area contributed by atoms with Gasteiger partial charge in [-0.2, -0.15) is 0 Å². The summed E-state index contributed by atoms with van der Waals surface area (Å²) in [6.07, 6.45) is 3.41. The first kappa shape index (κ1) is 15.4. The first-order chi connectivity index (χ1) is 8.45. The molecule has 1 rings (SSSR count). The molecule has 2 N–H and O–H groups in total. The second-order valence-corrected chi connectivity index (χ2v) is 5.90. The van der Waals surface area contributed by atoms with Crippen LogP contribution in [0.2, 0.25) is 0 Å². The molecule has 4 heteroatoms. The van der Waals surface area contributed by atoms with Gasteiger partial charge in [0.25, 0.3) is 0 Å². The molecule has 0 aromatic rings. The number of amides is 1. The van der Waals surface area contributed by atoms with Crippen LogP contribution in [-0.4, -0.2) is 55.5 Å². The lowest BCUT2D eigenvalue weighted by molar-refractivity contribution is -0.133. The van der Waals surface area contributed by atoms with Crippen molar-refractivity contribution in [2.45, 2.75) is 39.2 Å². The van der Waals surface area contributed by atoms with Crippen molar-refractivity contribution < 1.29 is 4.79 Å². The first-order valence-corrected chi connectivity index (χ1v) is 7.14. The van der Waals surface area contributed by atoms with Gasteiger partial charge in [-0.25, -0.2) is 0 Å². The summed E-state index contributed by atoms with van der Waals surface area (Å²) in [4.78, 5) is 16.4. The summed E-state index contributed by atoms with van der Waals surface area (Å²) in [5.74, 6) is 0.952. The molecule has 1 amide bonds. The Kier molecular flexibility index (Phi) is 6.09. The number of carbonyl (C=O) groups excluding carboxylic acids is 1. The molecule has 1 heterocycles. The maximum Gasteiger partial charge on any atom is 0.239 e. The molecule has 4 nitrogen and oxygen atoms in total. The van der Waals surface area contributed by atoms with Crippen LogP contribution in [0.1, 0.15) is 33.1 Å². The average molecular weight is 255 g/mol. The fourth-order valence-electron chi connectivity index (χ4n) is 2.65. The number of nitrogens with two attached hydrogens (primary N) is 1. The van der Waals surface area contributed by atoms with E-state index in [4.69, 9.17) is 5.73 Å². The summed E-state index contributed by atoms with van der Waals surface area (Å²) in [6, 6.07) is -0.346. The van der Waals surface area contributed by atoms with Gasteiger partial charge in [0.05, 0.1) is 6.04 Å². The van der Waals surface area contributed by atoms with Gasteiger partial charge in [-0.05, 0) is 38.3 Å². The van der Waals surface area contributed by atoms with E-state index >= 15 is 0 Å². The summed E-state index contributed by atoms with van der Waals surface area (Å²) in [5, 5.41) is 0. The predicted molar refractivity (Wildman–Crippen MR) is 75.3 cm³/mol. The lowest BCUT2D eigenvalue weighted by Crippen LogP contribution is -2.48. The molecule has 3 atom stereocenters. The van der Waals surface area contributed by atoms with Crippen molar-refractivity contribution in [3.8, 4) is 0 Å². The van der Waals surface area contributed by atoms with E-state index in [9.17, 15) is 4.79 Å². The second kappa shape index (κ2) is 7.10. The number of likely N-dealkylation sites (tertiary alicyclic amines) is 1. The zero-order valence-electron chi connectivity index (χ0n) is 12.4. The Morgan fingerprint density at radius 2 is 2.22 bits per heavy atom. The first-order valence-electron chi connectivity index (χ1n) is 7.14. The molecule has 0 bridgehead atoms. The molecule has 0 aromatic carbocycles. The highest BCUT2D eigenvalue weighted by Gasteiger charge is 2.25. The molecule has 0 aromatic heterocycles. The molecular weight excluding hydrogens is 226 g/mol. The lowest BCUT2D eigenvalue weighted by Gasteiger charge is -2.33. The molecule has 1 aliphatic heterocycles. The Morgan fingerprint density at radius 1 is 1.56 bits per heavy atom. The van der Waals surface area contributed by atoms with Crippen molar-refractivity contribution in [2.24, 2.45) is 17.6 Å². The SMILES string of the molecule is CCC(C)C(N)C(=O)N(C)CC1CCCN(C)C1. The quantitative estimate of drug-likeness (QED) is 0.802. The summed E-state index contributed by atoms with van der Waals surface area (Å²) in [7, 11) is 4.04. The molecule has 106 valence electrons. The van der Waals surface area contributed by atoms with Crippen molar-refractivity contribution in [1.82, 2.24) is 9.80 Å². The van der Waals surface area contributed by atoms with Gasteiger partial charge in [-0.15, -0.1) is 0 Å². The average Bonchev–Trinajstić information content (AvgIpc) is 2.36. The number of rotatable bonds is 5. The van der Waals surface area contributed by atoms with Crippen LogP contribution in [0.25, 0.3) is 0 Å². The molecule has 0 radical (unpaired) electrons. The minimum Gasteiger partial charge on any atom is -0.344 e. The molecule has 1 fully saturated rings. The van der Waals surface area contributed by atoms with Crippen LogP contribution in [0.15, 0.2) is 0 Å². The van der Waals surface area contributed by atoms with Crippen LogP contribution in [0.4, 0.5) is 0 Å². The van der Waals surface area contributed by atoms with E-state index in [-0.39, 0.29) is 17.9 Å². The van der Waals surface area contributed by atoms with Gasteiger partial charge in [0.15, 0.2) is 0 Å². The van der Waals surface area contributed by atoms with E-state index < -0.39 is 0 Å². The Labute approximate surface area is 111 Å². The van der Waals surface area contributed by atoms with Gasteiger partial charge in [0.2, 0.25) is 5.91 Å². The lowest BCUT2D eigenvalue weighted by atomic mass is 9.96. The normalized spacial score (nSPS) is 24.6. The molecule has 0 spiro atoms. The summed E-state index contributed by atoms with van der Waals surface area (Å²) >= 11 is 0. The molecule has 1 saturated heterocycles. The van der Waals surface area contributed by atoms with Gasteiger partial charge < -0.3 is 15.5 Å². The maximum absolute atomic E-state index is 12.2. The van der Waals surface area contributed by atoms with Crippen molar-refractivity contribution in [3.05, 3.63) is 0 Å². The molecular formula is C14H29N3O. The topological polar surface area (TPSA) is 49.6 Å². The number of nitrogens with zero attached hydrogens (tertiary/aromatic N) is 2. The second-order valence-electron chi connectivity index (χ2n) is 5.90. The van der Waals surface area contributed by atoms with Crippen molar-refractivity contribution in [3.63, 3.8) is 0 Å². The van der Waals surface area contributed by atoms with Crippen LogP contribution >= 0.6 is 0 Å². The number of carbonyl (C=O) groups is 1. The summed E-state index contributed by atoms with van der Waals surface area (Å²) in [5.41, 5.74) is 6.00. The van der Waals surface area contributed by atoms with Crippen LogP contribution < -0.4 is 5.73 Å². The van der Waals surface area contributed by atoms with Gasteiger partial charge >= 0.3 is 0 Å². The van der Waals surface area contributed by atoms with E-state index in [1.165, 1.54) is 19.4 Å². The fraction of sp³-hybridized carbons (Fsp3) is 0.929. The molecule has 3 unspecified atom stereocenters. The maximum atomic E-state index is 12.2. The standard InChI is InChI=1S/C14H29N3O/c1-5-11(2)13(15)14(18)17(4)10-12-7-6-8-16(3)9-12/h11-13H,5-10,15H2,1-4H3. The fourth-order valence-corrected chi connectivity index (χ4v) is 2.65. The van der Waals surface area contributed by atoms with Crippen molar-refractivity contribution >= 4 is 5.91 Å². The highest BCUT2D eigenvalue weighted by molar-refractivity contribution is 5.81. The molecule has 0 saturated carbocycles. The van der Waals surface area contributed by atoms with E-state index in [0.29, 0.717) is 5.92 Å². The highest BCUT2D eigenvalue weighted by Crippen LogP contribution is 2.17. The van der Waals surface area contributed by atoms with Crippen molar-refractivity contribution in [2.75, 3.05) is 33.7 Å². The van der Waals surface area contributed by atoms with Gasteiger partial charge in [-0.3, -0.25) is 4.79 Å². The van der Waals surface area contributed by atoms with E-state index in [1.807, 2.05) is 18.9 Å². The van der Waals surface area contributed by atoms with Crippen LogP contribution in [0, 0.1) is 11.8 Å². The highest BCUT2D eigenvalue weighted by atomic mass is 16.2. The monoisotopic (exact) mass is 255 g/mol. The van der Waals surface area contributed by atoms with Gasteiger partial charge in [0, 0.05) is 20.1 Å². The minimum atomic E-state index is -0.346. The third-order valence-corrected chi connectivity index (χ3v) is 4.17. The summed E-state index contributed by atoms with van der Waals surface area (Å²) in [6.45, 7) is 7.24. The third-order valence-electron chi connectivity index (χ3n) is 4.17. The van der Waals surface area contributed by atoms with Crippen molar-refractivity contribution in [1.29, 1.82) is 0 Å². The minimum absolute atomic E-state index is 0.0950. The summed E-state index contributed by atoms with van der Waals surface area (Å²) < 4.78 is 0. The van der Waals surface area contributed by atoms with E-state index in [1.54, 1.807) is 0 Å². The zero-order valence-corrected chi connectivity index (χ0v) is 12.4. The Balaban J connectivity index is 2.43. The zero-order chi connectivity index (χ0) is 13.7. The van der Waals surface area contributed by atoms with Crippen LogP contribution in [-0.2, 0) is 4.79 Å². The van der Waals surface area contributed by atoms with Crippen LogP contribution in [0.3, 0.4) is 0 Å². The predicted octanol–water partition coefficient (Wildman–Crippen LogP) is 1.16. The number of hydrogen-bond acceptors (Lipinski definition) is 3. The third kappa shape index (κ3) is 4.25. The smallest absolute Gasteiger partial charge is 0.239 e. The number of likely N-dealkylation sites (N-methyl/N-ethyl adjacent to an activating group) is 1. The number of piperidine rings is 1. The molecule has 18 heavy (non-hydrogen) atoms. The van der Waals surface area contributed by atoms with E-state index in [0.717, 1.165) is 19.5 Å². The van der Waals surface area contributed by atoms with E-state index in [2.05, 4.69) is 18.9 Å². The van der Waals surface area contributed by atoms with Gasteiger partial charge in [-0.1, -0.05) is 20.3 Å². The van der Waals surface area contributed by atoms with Gasteiger partial charge in [0.1, 0.15) is 0 Å². The Morgan fingerprint density at radius 3 is 2.78 bits per heavy atom. The Hall–Kier alpha value is -0.610. The van der Waals surface area contributed by atoms with Crippen LogP contribution in [0.5, 0.6) is 0 Å². The Bertz CT molecular complexity index is 270.